The minimum absolute atomic E-state index is 0.164. The molecule has 45 heavy (non-hydrogen) atoms. The number of nitrogens with one attached hydrogen (secondary N) is 1. The summed E-state index contributed by atoms with van der Waals surface area (Å²) in [6, 6.07) is 27.7. The van der Waals surface area contributed by atoms with Crippen LogP contribution in [0.4, 0.5) is 11.4 Å². The number of allylic oxidation sites excluding steroid dienone is 1. The van der Waals surface area contributed by atoms with Gasteiger partial charge in [-0.2, -0.15) is 0 Å². The Morgan fingerprint density at radius 1 is 0.822 bits per heavy atom. The summed E-state index contributed by atoms with van der Waals surface area (Å²) in [5.41, 5.74) is 7.38. The predicted octanol–water partition coefficient (Wildman–Crippen LogP) is 7.75. The van der Waals surface area contributed by atoms with Crippen molar-refractivity contribution in [3.05, 3.63) is 136 Å². The summed E-state index contributed by atoms with van der Waals surface area (Å²) in [5.74, 6) is -1.10. The summed E-state index contributed by atoms with van der Waals surface area (Å²) in [6.07, 6.45) is 3.01. The third kappa shape index (κ3) is 4.40. The molecule has 0 aromatic heterocycles. The number of anilines is 2. The highest BCUT2D eigenvalue weighted by molar-refractivity contribution is 6.18. The van der Waals surface area contributed by atoms with Crippen molar-refractivity contribution in [2.24, 2.45) is 11.8 Å². The van der Waals surface area contributed by atoms with E-state index < -0.39 is 23.4 Å². The van der Waals surface area contributed by atoms with Crippen molar-refractivity contribution in [2.45, 2.75) is 58.5 Å². The number of benzene rings is 4. The van der Waals surface area contributed by atoms with Gasteiger partial charge in [-0.25, -0.2) is 0 Å². The van der Waals surface area contributed by atoms with Crippen molar-refractivity contribution in [1.29, 1.82) is 0 Å². The van der Waals surface area contributed by atoms with E-state index in [4.69, 9.17) is 0 Å². The number of ketones is 2. The van der Waals surface area contributed by atoms with Gasteiger partial charge in [0.25, 0.3) is 0 Å². The van der Waals surface area contributed by atoms with E-state index in [9.17, 15) is 9.59 Å². The van der Waals surface area contributed by atoms with Crippen LogP contribution in [-0.2, 0) is 16.6 Å². The fourth-order valence-corrected chi connectivity index (χ4v) is 7.89. The largest absolute Gasteiger partial charge is 0.352 e. The monoisotopic (exact) mass is 594 g/mol. The van der Waals surface area contributed by atoms with E-state index in [1.807, 2.05) is 91.9 Å². The highest BCUT2D eigenvalue weighted by Crippen LogP contribution is 2.59. The van der Waals surface area contributed by atoms with Crippen molar-refractivity contribution >= 4 is 34.4 Å². The first-order valence-corrected chi connectivity index (χ1v) is 15.8. The lowest BCUT2D eigenvalue weighted by Crippen LogP contribution is -2.51. The Balaban J connectivity index is 1.50. The molecule has 226 valence electrons. The molecule has 7 rings (SSSR count). The fraction of sp³-hybridized carbons (Fsp3) is 0.275. The van der Waals surface area contributed by atoms with Gasteiger partial charge in [-0.1, -0.05) is 104 Å². The number of aryl methyl sites for hydroxylation is 2. The van der Waals surface area contributed by atoms with Gasteiger partial charge in [-0.3, -0.25) is 14.4 Å². The highest BCUT2D eigenvalue weighted by Gasteiger charge is 2.70. The number of para-hydroxylation sites is 1. The normalized spacial score (nSPS) is 23.0. The zero-order valence-electron chi connectivity index (χ0n) is 26.4. The van der Waals surface area contributed by atoms with E-state index in [1.54, 1.807) is 0 Å². The Labute approximate surface area is 265 Å². The third-order valence-electron chi connectivity index (χ3n) is 9.90. The van der Waals surface area contributed by atoms with Crippen LogP contribution in [0.5, 0.6) is 0 Å². The number of fused-ring (bicyclic) bond motifs is 6. The quantitative estimate of drug-likeness (QED) is 0.232. The number of hydrogen-bond donors (Lipinski definition) is 1. The lowest BCUT2D eigenvalue weighted by Gasteiger charge is -2.39. The molecule has 5 nitrogen and oxygen atoms in total. The minimum Gasteiger partial charge on any atom is -0.352 e. The van der Waals surface area contributed by atoms with Crippen LogP contribution in [-0.4, -0.2) is 29.6 Å². The van der Waals surface area contributed by atoms with E-state index in [-0.39, 0.29) is 17.5 Å². The first-order valence-electron chi connectivity index (χ1n) is 15.8. The van der Waals surface area contributed by atoms with Crippen molar-refractivity contribution in [1.82, 2.24) is 0 Å². The van der Waals surface area contributed by atoms with Crippen LogP contribution >= 0.6 is 0 Å². The molecule has 1 amide bonds. The zero-order valence-corrected chi connectivity index (χ0v) is 26.4. The average Bonchev–Trinajstić information content (AvgIpc) is 3.49. The Bertz CT molecular complexity index is 1890. The molecule has 4 atom stereocenters. The lowest BCUT2D eigenvalue weighted by atomic mass is 9.64. The topological polar surface area (TPSA) is 66.5 Å². The Kier molecular flexibility index (Phi) is 6.88. The molecule has 4 aromatic rings. The van der Waals surface area contributed by atoms with Gasteiger partial charge in [0, 0.05) is 28.1 Å². The first-order chi connectivity index (χ1) is 21.6. The van der Waals surface area contributed by atoms with Crippen LogP contribution in [0, 0.1) is 25.7 Å². The number of rotatable bonds is 6. The first kappa shape index (κ1) is 29.0. The number of Topliss-reactive ketones (excluding diaryl/α,β-unsaturated/α-hetero) is 2. The third-order valence-corrected chi connectivity index (χ3v) is 9.90. The second-order valence-corrected chi connectivity index (χ2v) is 13.4. The van der Waals surface area contributed by atoms with Crippen molar-refractivity contribution in [3.8, 4) is 0 Å². The van der Waals surface area contributed by atoms with Gasteiger partial charge in [-0.05, 0) is 68.0 Å². The van der Waals surface area contributed by atoms with Crippen LogP contribution in [0.25, 0.3) is 5.57 Å². The average molecular weight is 595 g/mol. The highest BCUT2D eigenvalue weighted by atomic mass is 16.2. The number of carbonyl (C=O) groups excluding carboxylic acids is 3. The van der Waals surface area contributed by atoms with Gasteiger partial charge in [-0.15, -0.1) is 0 Å². The number of carbonyl (C=O) groups is 3. The predicted molar refractivity (Wildman–Crippen MR) is 180 cm³/mol. The van der Waals surface area contributed by atoms with E-state index in [2.05, 4.69) is 50.1 Å². The molecule has 1 N–H and O–H groups in total. The maximum atomic E-state index is 15.1. The lowest BCUT2D eigenvalue weighted by molar-refractivity contribution is -0.121. The van der Waals surface area contributed by atoms with Gasteiger partial charge in [0.1, 0.15) is 11.5 Å². The maximum Gasteiger partial charge on any atom is 0.238 e. The second kappa shape index (κ2) is 10.7. The minimum atomic E-state index is -1.32. The molecule has 0 aliphatic carbocycles. The molecular formula is C40H38N2O3. The number of hydrogen-bond acceptors (Lipinski definition) is 4. The molecular weight excluding hydrogens is 556 g/mol. The Hall–Kier alpha value is -4.77. The van der Waals surface area contributed by atoms with Gasteiger partial charge < -0.3 is 10.2 Å². The van der Waals surface area contributed by atoms with E-state index >= 15 is 4.79 Å². The fourth-order valence-electron chi connectivity index (χ4n) is 7.89. The molecule has 1 saturated heterocycles. The van der Waals surface area contributed by atoms with Crippen LogP contribution in [0.2, 0.25) is 0 Å². The molecule has 3 aliphatic heterocycles. The molecule has 0 saturated carbocycles. The molecule has 4 aromatic carbocycles. The molecule has 5 heteroatoms. The van der Waals surface area contributed by atoms with E-state index in [0.717, 1.165) is 45.5 Å². The summed E-state index contributed by atoms with van der Waals surface area (Å²) in [6.45, 7) is 10.4. The number of amides is 1. The second-order valence-electron chi connectivity index (χ2n) is 13.4. The standard InChI is InChI=1S/C40H38N2O3/c1-23(2)20-27-13-17-28(18-14-27)37(43)35-36(38(44)29-15-10-24(3)11-16-29)42-33-19-12-25(4)21-30(33)26(5)22-34(42)40(35)31-8-6-7-9-32(31)41-39(40)45/h6-19,21-23,34-36H,20H2,1-5H3,(H,41,45)/t34-,35+,36-,40+/m0/s1. The van der Waals surface area contributed by atoms with Gasteiger partial charge in [0.2, 0.25) is 5.91 Å². The van der Waals surface area contributed by atoms with Gasteiger partial charge in [0.15, 0.2) is 11.6 Å². The number of nitrogens with zero attached hydrogens (tertiary/aromatic N) is 1. The summed E-state index contributed by atoms with van der Waals surface area (Å²) in [7, 11) is 0. The van der Waals surface area contributed by atoms with Crippen molar-refractivity contribution < 1.29 is 14.4 Å². The van der Waals surface area contributed by atoms with Gasteiger partial charge >= 0.3 is 0 Å². The Morgan fingerprint density at radius 3 is 2.18 bits per heavy atom. The summed E-state index contributed by atoms with van der Waals surface area (Å²) < 4.78 is 0. The molecule has 1 fully saturated rings. The van der Waals surface area contributed by atoms with Gasteiger partial charge in [0.05, 0.1) is 12.0 Å². The molecule has 0 bridgehead atoms. The SMILES string of the molecule is CC1=C[C@@H]2N(c3ccc(C)cc31)[C@H](C(=O)c1ccc(C)cc1)[C@H](C(=O)c1ccc(CC(C)C)cc1)[C@]21C(=O)Nc2ccccc21. The molecule has 3 heterocycles. The maximum absolute atomic E-state index is 15.1. The van der Waals surface area contributed by atoms with E-state index in [1.165, 1.54) is 0 Å². The van der Waals surface area contributed by atoms with Crippen molar-refractivity contribution in [2.75, 3.05) is 10.2 Å². The van der Waals surface area contributed by atoms with Crippen LogP contribution in [0.1, 0.15) is 69.3 Å². The summed E-state index contributed by atoms with van der Waals surface area (Å²) >= 11 is 0. The van der Waals surface area contributed by atoms with Crippen molar-refractivity contribution in [3.63, 3.8) is 0 Å². The van der Waals surface area contributed by atoms with E-state index in [0.29, 0.717) is 22.7 Å². The smallest absolute Gasteiger partial charge is 0.238 e. The zero-order chi connectivity index (χ0) is 31.6. The Morgan fingerprint density at radius 2 is 1.47 bits per heavy atom. The van der Waals surface area contributed by atoms with Crippen LogP contribution in [0.15, 0.2) is 97.1 Å². The van der Waals surface area contributed by atoms with Crippen LogP contribution < -0.4 is 10.2 Å². The molecule has 0 unspecified atom stereocenters. The molecule has 0 radical (unpaired) electrons. The van der Waals surface area contributed by atoms with Crippen LogP contribution in [0.3, 0.4) is 0 Å². The molecule has 3 aliphatic rings. The summed E-state index contributed by atoms with van der Waals surface area (Å²) in [5, 5.41) is 3.13. The molecule has 1 spiro atoms. The summed E-state index contributed by atoms with van der Waals surface area (Å²) in [4.78, 5) is 46.7.